The Hall–Kier alpha value is -0.790. The third kappa shape index (κ3) is 3.61. The Morgan fingerprint density at radius 1 is 1.26 bits per heavy atom. The Bertz CT molecular complexity index is 628. The molecule has 0 unspecified atom stereocenters. The molecule has 19 heavy (non-hydrogen) atoms. The van der Waals surface area contributed by atoms with Crippen molar-refractivity contribution < 1.29 is 18.3 Å². The first kappa shape index (κ1) is 14.6. The van der Waals surface area contributed by atoms with E-state index in [-0.39, 0.29) is 18.1 Å². The number of hydrogen-bond donors (Lipinski definition) is 0. The monoisotopic (exact) mass is 410 g/mol. The Morgan fingerprint density at radius 2 is 2.00 bits per heavy atom. The summed E-state index contributed by atoms with van der Waals surface area (Å²) in [5, 5.41) is 0. The second-order valence-electron chi connectivity index (χ2n) is 3.52. The summed E-state index contributed by atoms with van der Waals surface area (Å²) in [7, 11) is 0. The van der Waals surface area contributed by atoms with E-state index in [1.54, 1.807) is 12.1 Å². The fourth-order valence-corrected chi connectivity index (χ4v) is 3.04. The lowest BCUT2D eigenvalue weighted by Crippen LogP contribution is -2.11. The summed E-state index contributed by atoms with van der Waals surface area (Å²) in [6.07, 6.45) is 0. The van der Waals surface area contributed by atoms with Crippen molar-refractivity contribution >= 4 is 49.0 Å². The van der Waals surface area contributed by atoms with Crippen molar-refractivity contribution in [3.8, 4) is 5.75 Å². The van der Waals surface area contributed by atoms with Crippen molar-refractivity contribution in [2.24, 2.45) is 0 Å². The molecule has 2 aromatic rings. The van der Waals surface area contributed by atoms with Crippen LogP contribution in [0.15, 0.2) is 32.5 Å². The molecule has 2 nitrogen and oxygen atoms in total. The number of carbonyl (C=O) groups is 1. The predicted octanol–water partition coefficient (Wildman–Crippen LogP) is 4.81. The van der Waals surface area contributed by atoms with Gasteiger partial charge in [0.2, 0.25) is 11.6 Å². The molecular weight excluding hydrogens is 406 g/mol. The van der Waals surface area contributed by atoms with E-state index in [1.807, 2.05) is 0 Å². The maximum absolute atomic E-state index is 13.4. The number of halogens is 4. The number of rotatable bonds is 4. The van der Waals surface area contributed by atoms with Crippen LogP contribution in [0.5, 0.6) is 5.75 Å². The number of Topliss-reactive ketones (excluding diaryl/α,β-unsaturated/α-hetero) is 1. The average Bonchev–Trinajstić information content (AvgIpc) is 2.78. The molecule has 7 heteroatoms. The van der Waals surface area contributed by atoms with Crippen molar-refractivity contribution in [3.05, 3.63) is 49.0 Å². The fourth-order valence-electron chi connectivity index (χ4n) is 1.32. The van der Waals surface area contributed by atoms with Crippen molar-refractivity contribution in [2.45, 2.75) is 0 Å². The van der Waals surface area contributed by atoms with Crippen LogP contribution in [0.2, 0.25) is 0 Å². The molecule has 0 aliphatic rings. The number of ketones is 1. The molecule has 0 amide bonds. The molecule has 100 valence electrons. The van der Waals surface area contributed by atoms with Crippen LogP contribution in [-0.4, -0.2) is 12.4 Å². The molecule has 0 saturated carbocycles. The summed E-state index contributed by atoms with van der Waals surface area (Å²) in [5.74, 6) is -2.73. The molecule has 0 aliphatic heterocycles. The first-order valence-corrected chi connectivity index (χ1v) is 7.43. The Labute approximate surface area is 128 Å². The van der Waals surface area contributed by atoms with E-state index in [2.05, 4.69) is 31.9 Å². The van der Waals surface area contributed by atoms with E-state index in [9.17, 15) is 13.6 Å². The zero-order valence-electron chi connectivity index (χ0n) is 9.25. The number of carbonyl (C=O) groups excluding carboxylic acids is 1. The van der Waals surface area contributed by atoms with Gasteiger partial charge in [0.05, 0.1) is 8.66 Å². The molecule has 0 bridgehead atoms. The first-order valence-electron chi connectivity index (χ1n) is 5.03. The standard InChI is InChI=1S/C12H6Br2F2O2S/c13-6-3-7(15)12(16)9(4-6)18-5-8(17)10-1-2-11(14)19-10/h1-4H,5H2. The van der Waals surface area contributed by atoms with E-state index in [0.29, 0.717) is 9.35 Å². The minimum atomic E-state index is -1.11. The fraction of sp³-hybridized carbons (Fsp3) is 0.0833. The number of ether oxygens (including phenoxy) is 1. The second-order valence-corrected chi connectivity index (χ2v) is 6.89. The highest BCUT2D eigenvalue weighted by Gasteiger charge is 2.14. The molecule has 1 aromatic carbocycles. The molecule has 2 rings (SSSR count). The van der Waals surface area contributed by atoms with E-state index >= 15 is 0 Å². The highest BCUT2D eigenvalue weighted by atomic mass is 79.9. The average molecular weight is 412 g/mol. The molecule has 0 spiro atoms. The first-order chi connectivity index (χ1) is 8.97. The quantitative estimate of drug-likeness (QED) is 0.532. The largest absolute Gasteiger partial charge is 0.482 e. The van der Waals surface area contributed by atoms with Gasteiger partial charge >= 0.3 is 0 Å². The maximum atomic E-state index is 13.4. The van der Waals surface area contributed by atoms with Gasteiger partial charge in [-0.25, -0.2) is 4.39 Å². The van der Waals surface area contributed by atoms with Crippen molar-refractivity contribution in [1.29, 1.82) is 0 Å². The third-order valence-electron chi connectivity index (χ3n) is 2.17. The van der Waals surface area contributed by atoms with Crippen LogP contribution in [0.3, 0.4) is 0 Å². The van der Waals surface area contributed by atoms with Gasteiger partial charge < -0.3 is 4.74 Å². The van der Waals surface area contributed by atoms with Crippen LogP contribution in [0.4, 0.5) is 8.78 Å². The van der Waals surface area contributed by atoms with E-state index in [4.69, 9.17) is 4.74 Å². The SMILES string of the molecule is O=C(COc1cc(Br)cc(F)c1F)c1ccc(Br)s1. The summed E-state index contributed by atoms with van der Waals surface area (Å²) < 4.78 is 32.7. The molecule has 1 aromatic heterocycles. The lowest BCUT2D eigenvalue weighted by Gasteiger charge is -2.07. The van der Waals surface area contributed by atoms with Crippen LogP contribution >= 0.6 is 43.2 Å². The molecular formula is C12H6Br2F2O2S. The number of benzene rings is 1. The molecule has 0 atom stereocenters. The van der Waals surface area contributed by atoms with Gasteiger partial charge in [-0.15, -0.1) is 11.3 Å². The number of hydrogen-bond acceptors (Lipinski definition) is 3. The molecule has 0 aliphatic carbocycles. The molecule has 0 N–H and O–H groups in total. The highest BCUT2D eigenvalue weighted by Crippen LogP contribution is 2.26. The van der Waals surface area contributed by atoms with Crippen LogP contribution in [0.1, 0.15) is 9.67 Å². The minimum Gasteiger partial charge on any atom is -0.482 e. The van der Waals surface area contributed by atoms with Gasteiger partial charge in [0, 0.05) is 4.47 Å². The van der Waals surface area contributed by atoms with E-state index in [1.165, 1.54) is 17.4 Å². The minimum absolute atomic E-state index is 0.296. The van der Waals surface area contributed by atoms with Crippen LogP contribution in [-0.2, 0) is 0 Å². The Balaban J connectivity index is 2.09. The van der Waals surface area contributed by atoms with Gasteiger partial charge in [-0.05, 0) is 40.2 Å². The lowest BCUT2D eigenvalue weighted by molar-refractivity contribution is 0.0922. The molecule has 0 radical (unpaired) electrons. The zero-order chi connectivity index (χ0) is 14.0. The van der Waals surface area contributed by atoms with Gasteiger partial charge in [0.25, 0.3) is 0 Å². The predicted molar refractivity (Wildman–Crippen MR) is 75.9 cm³/mol. The lowest BCUT2D eigenvalue weighted by atomic mass is 10.3. The number of thiophene rings is 1. The molecule has 1 heterocycles. The van der Waals surface area contributed by atoms with Gasteiger partial charge in [-0.1, -0.05) is 15.9 Å². The normalized spacial score (nSPS) is 10.5. The van der Waals surface area contributed by atoms with Gasteiger partial charge in [0.1, 0.15) is 0 Å². The Morgan fingerprint density at radius 3 is 2.63 bits per heavy atom. The van der Waals surface area contributed by atoms with Crippen molar-refractivity contribution in [2.75, 3.05) is 6.61 Å². The van der Waals surface area contributed by atoms with Crippen LogP contribution in [0, 0.1) is 11.6 Å². The maximum Gasteiger partial charge on any atom is 0.210 e. The van der Waals surface area contributed by atoms with Crippen LogP contribution in [0.25, 0.3) is 0 Å². The third-order valence-corrected chi connectivity index (χ3v) is 4.29. The summed E-state index contributed by atoms with van der Waals surface area (Å²) in [6.45, 7) is -0.347. The van der Waals surface area contributed by atoms with Crippen LogP contribution < -0.4 is 4.74 Å². The van der Waals surface area contributed by atoms with Crippen molar-refractivity contribution in [1.82, 2.24) is 0 Å². The zero-order valence-corrected chi connectivity index (χ0v) is 13.2. The smallest absolute Gasteiger partial charge is 0.210 e. The van der Waals surface area contributed by atoms with E-state index in [0.717, 1.165) is 9.85 Å². The summed E-state index contributed by atoms with van der Waals surface area (Å²) in [4.78, 5) is 12.2. The highest BCUT2D eigenvalue weighted by molar-refractivity contribution is 9.11. The summed E-state index contributed by atoms with van der Waals surface area (Å²) in [5.41, 5.74) is 0. The van der Waals surface area contributed by atoms with E-state index < -0.39 is 11.6 Å². The topological polar surface area (TPSA) is 26.3 Å². The van der Waals surface area contributed by atoms with Crippen molar-refractivity contribution in [3.63, 3.8) is 0 Å². The summed E-state index contributed by atoms with van der Waals surface area (Å²) >= 11 is 7.52. The van der Waals surface area contributed by atoms with Gasteiger partial charge in [-0.3, -0.25) is 4.79 Å². The van der Waals surface area contributed by atoms with Gasteiger partial charge in [-0.2, -0.15) is 4.39 Å². The molecule has 0 saturated heterocycles. The Kier molecular flexibility index (Phi) is 4.70. The molecule has 0 fully saturated rings. The second kappa shape index (κ2) is 6.11. The summed E-state index contributed by atoms with van der Waals surface area (Å²) in [6, 6.07) is 5.63. The van der Waals surface area contributed by atoms with Gasteiger partial charge in [0.15, 0.2) is 18.2 Å².